The monoisotopic (exact) mass is 302 g/mol. The number of hydrogen-bond donors (Lipinski definition) is 3. The van der Waals surface area contributed by atoms with E-state index < -0.39 is 5.91 Å². The topological polar surface area (TPSA) is 93.2 Å². The number of nitrogens with two attached hydrogens (primary N) is 1. The van der Waals surface area contributed by atoms with Crippen LogP contribution < -0.4 is 11.2 Å². The number of nitrogens with zero attached hydrogens (tertiary/aromatic N) is 2. The second-order valence-corrected chi connectivity index (χ2v) is 4.93. The zero-order chi connectivity index (χ0) is 15.7. The van der Waals surface area contributed by atoms with Gasteiger partial charge in [-0.2, -0.15) is 0 Å². The molecule has 3 aromatic rings. The summed E-state index contributed by atoms with van der Waals surface area (Å²) < 4.78 is 15.3. The Morgan fingerprint density at radius 2 is 2.18 bits per heavy atom. The van der Waals surface area contributed by atoms with Crippen molar-refractivity contribution in [3.8, 4) is 0 Å². The molecule has 0 saturated carbocycles. The SMILES string of the molecule is NC(=O)c1cncc2c3cc(F)ccc3n(NCCCO)c12. The maximum Gasteiger partial charge on any atom is 0.252 e. The molecule has 2 aromatic heterocycles. The minimum atomic E-state index is -0.605. The molecule has 0 unspecified atom stereocenters. The fraction of sp³-hybridized carbons (Fsp3) is 0.200. The van der Waals surface area contributed by atoms with E-state index in [0.29, 0.717) is 34.8 Å². The Balaban J connectivity index is 2.33. The van der Waals surface area contributed by atoms with Crippen LogP contribution in [0, 0.1) is 5.82 Å². The molecule has 2 heterocycles. The second-order valence-electron chi connectivity index (χ2n) is 4.93. The van der Waals surface area contributed by atoms with Gasteiger partial charge in [-0.15, -0.1) is 0 Å². The number of nitrogens with one attached hydrogen (secondary N) is 1. The van der Waals surface area contributed by atoms with Crippen molar-refractivity contribution in [2.75, 3.05) is 18.6 Å². The fourth-order valence-corrected chi connectivity index (χ4v) is 2.55. The minimum Gasteiger partial charge on any atom is -0.396 e. The van der Waals surface area contributed by atoms with Gasteiger partial charge in [0.25, 0.3) is 5.91 Å². The number of amides is 1. The van der Waals surface area contributed by atoms with Gasteiger partial charge in [0.05, 0.1) is 16.6 Å². The second kappa shape index (κ2) is 5.61. The highest BCUT2D eigenvalue weighted by atomic mass is 19.1. The van der Waals surface area contributed by atoms with E-state index in [0.717, 1.165) is 0 Å². The molecule has 0 aliphatic heterocycles. The van der Waals surface area contributed by atoms with Crippen molar-refractivity contribution in [3.05, 3.63) is 42.0 Å². The molecule has 0 saturated heterocycles. The average molecular weight is 302 g/mol. The third-order valence-electron chi connectivity index (χ3n) is 3.50. The molecule has 22 heavy (non-hydrogen) atoms. The quantitative estimate of drug-likeness (QED) is 0.620. The molecule has 0 fully saturated rings. The van der Waals surface area contributed by atoms with Crippen molar-refractivity contribution >= 4 is 27.7 Å². The number of aromatic nitrogens is 2. The summed E-state index contributed by atoms with van der Waals surface area (Å²) in [6, 6.07) is 4.37. The maximum absolute atomic E-state index is 13.6. The maximum atomic E-state index is 13.6. The molecule has 0 atom stereocenters. The van der Waals surface area contributed by atoms with Crippen molar-refractivity contribution in [2.24, 2.45) is 5.73 Å². The molecule has 0 bridgehead atoms. The number of aliphatic hydroxyl groups is 1. The van der Waals surface area contributed by atoms with Crippen LogP contribution in [0.1, 0.15) is 16.8 Å². The van der Waals surface area contributed by atoms with Gasteiger partial charge in [-0.05, 0) is 24.6 Å². The average Bonchev–Trinajstić information content (AvgIpc) is 2.81. The molecule has 6 nitrogen and oxygen atoms in total. The third-order valence-corrected chi connectivity index (χ3v) is 3.50. The zero-order valence-corrected chi connectivity index (χ0v) is 11.7. The van der Waals surface area contributed by atoms with Crippen molar-refractivity contribution in [2.45, 2.75) is 6.42 Å². The van der Waals surface area contributed by atoms with E-state index >= 15 is 0 Å². The standard InChI is InChI=1S/C15H15FN4O2/c16-9-2-3-13-10(6-9)11-7-18-8-12(15(17)22)14(11)20(13)19-4-1-5-21/h2-3,6-8,19,21H,1,4-5H2,(H2,17,22). The fourth-order valence-electron chi connectivity index (χ4n) is 2.55. The summed E-state index contributed by atoms with van der Waals surface area (Å²) in [4.78, 5) is 15.7. The van der Waals surface area contributed by atoms with E-state index in [1.165, 1.54) is 18.3 Å². The lowest BCUT2D eigenvalue weighted by molar-refractivity contribution is 0.100. The molecule has 0 spiro atoms. The zero-order valence-electron chi connectivity index (χ0n) is 11.7. The van der Waals surface area contributed by atoms with Gasteiger partial charge >= 0.3 is 0 Å². The van der Waals surface area contributed by atoms with Gasteiger partial charge < -0.3 is 16.3 Å². The lowest BCUT2D eigenvalue weighted by Crippen LogP contribution is -2.19. The first-order valence-corrected chi connectivity index (χ1v) is 6.85. The molecule has 114 valence electrons. The molecule has 3 rings (SSSR count). The van der Waals surface area contributed by atoms with Crippen LogP contribution in [0.15, 0.2) is 30.6 Å². The van der Waals surface area contributed by atoms with Crippen LogP contribution in [0.25, 0.3) is 21.8 Å². The number of primary amides is 1. The molecular weight excluding hydrogens is 287 g/mol. The largest absolute Gasteiger partial charge is 0.396 e. The molecular formula is C15H15FN4O2. The van der Waals surface area contributed by atoms with E-state index in [4.69, 9.17) is 10.8 Å². The number of rotatable bonds is 5. The molecule has 0 aliphatic rings. The van der Waals surface area contributed by atoms with Crippen molar-refractivity contribution in [3.63, 3.8) is 0 Å². The van der Waals surface area contributed by atoms with Gasteiger partial charge in [0.1, 0.15) is 5.82 Å². The highest BCUT2D eigenvalue weighted by molar-refractivity contribution is 6.15. The Bertz CT molecular complexity index is 859. The van der Waals surface area contributed by atoms with E-state index in [-0.39, 0.29) is 18.0 Å². The lowest BCUT2D eigenvalue weighted by atomic mass is 10.1. The first-order valence-electron chi connectivity index (χ1n) is 6.85. The Kier molecular flexibility index (Phi) is 3.64. The molecule has 0 aliphatic carbocycles. The Morgan fingerprint density at radius 1 is 1.36 bits per heavy atom. The van der Waals surface area contributed by atoms with E-state index in [2.05, 4.69) is 10.4 Å². The predicted octanol–water partition coefficient (Wildman–Crippen LogP) is 1.35. The van der Waals surface area contributed by atoms with Crippen LogP contribution >= 0.6 is 0 Å². The summed E-state index contributed by atoms with van der Waals surface area (Å²) in [6.07, 6.45) is 3.51. The van der Waals surface area contributed by atoms with Crippen molar-refractivity contribution < 1.29 is 14.3 Å². The smallest absolute Gasteiger partial charge is 0.252 e. The summed E-state index contributed by atoms with van der Waals surface area (Å²) in [5.41, 5.74) is 10.1. The van der Waals surface area contributed by atoms with Crippen LogP contribution in [0.3, 0.4) is 0 Å². The summed E-state index contributed by atoms with van der Waals surface area (Å²) >= 11 is 0. The number of fused-ring (bicyclic) bond motifs is 3. The van der Waals surface area contributed by atoms with E-state index in [9.17, 15) is 9.18 Å². The minimum absolute atomic E-state index is 0.0446. The number of carbonyl (C=O) groups excluding carboxylic acids is 1. The van der Waals surface area contributed by atoms with Gasteiger partial charge in [0.15, 0.2) is 0 Å². The van der Waals surface area contributed by atoms with Gasteiger partial charge in [0.2, 0.25) is 0 Å². The number of carbonyl (C=O) groups is 1. The van der Waals surface area contributed by atoms with Crippen molar-refractivity contribution in [1.82, 2.24) is 9.66 Å². The van der Waals surface area contributed by atoms with Gasteiger partial charge in [0, 0.05) is 36.3 Å². The Hall–Kier alpha value is -2.67. The number of aliphatic hydroxyl groups excluding tert-OH is 1. The third kappa shape index (κ3) is 2.25. The van der Waals surface area contributed by atoms with E-state index in [1.807, 2.05) is 0 Å². The van der Waals surface area contributed by atoms with Crippen LogP contribution in [0.5, 0.6) is 0 Å². The summed E-state index contributed by atoms with van der Waals surface area (Å²) in [7, 11) is 0. The number of pyridine rings is 1. The summed E-state index contributed by atoms with van der Waals surface area (Å²) in [5.74, 6) is -0.974. The van der Waals surface area contributed by atoms with Crippen molar-refractivity contribution in [1.29, 1.82) is 0 Å². The highest BCUT2D eigenvalue weighted by Crippen LogP contribution is 2.30. The summed E-state index contributed by atoms with van der Waals surface area (Å²) in [5, 5.41) is 10.2. The molecule has 7 heteroatoms. The van der Waals surface area contributed by atoms with Crippen LogP contribution in [-0.4, -0.2) is 33.8 Å². The molecule has 1 aromatic carbocycles. The van der Waals surface area contributed by atoms with E-state index in [1.54, 1.807) is 16.9 Å². The Morgan fingerprint density at radius 3 is 2.91 bits per heavy atom. The van der Waals surface area contributed by atoms with Gasteiger partial charge in [-0.3, -0.25) is 14.5 Å². The van der Waals surface area contributed by atoms with Crippen LogP contribution in [0.2, 0.25) is 0 Å². The summed E-state index contributed by atoms with van der Waals surface area (Å²) in [6.45, 7) is 0.538. The molecule has 4 N–H and O–H groups in total. The first kappa shape index (κ1) is 14.3. The predicted molar refractivity (Wildman–Crippen MR) is 81.6 cm³/mol. The lowest BCUT2D eigenvalue weighted by Gasteiger charge is -2.11. The van der Waals surface area contributed by atoms with Gasteiger partial charge in [-0.1, -0.05) is 0 Å². The van der Waals surface area contributed by atoms with Crippen LogP contribution in [0.4, 0.5) is 4.39 Å². The molecule has 1 amide bonds. The number of halogens is 1. The Labute approximate surface area is 125 Å². The van der Waals surface area contributed by atoms with Crippen LogP contribution in [-0.2, 0) is 0 Å². The number of benzene rings is 1. The number of hydrogen-bond acceptors (Lipinski definition) is 4. The molecule has 0 radical (unpaired) electrons. The highest BCUT2D eigenvalue weighted by Gasteiger charge is 2.17. The first-order chi connectivity index (χ1) is 10.6. The van der Waals surface area contributed by atoms with Gasteiger partial charge in [-0.25, -0.2) is 4.39 Å². The normalized spacial score (nSPS) is 11.2.